The van der Waals surface area contributed by atoms with Gasteiger partial charge in [-0.15, -0.1) is 0 Å². The first kappa shape index (κ1) is 16.5. The molecular formula is C23H40. The molecule has 0 atom stereocenters. The minimum absolute atomic E-state index is 0.830. The summed E-state index contributed by atoms with van der Waals surface area (Å²) in [5.74, 6) is 4.53. The summed E-state index contributed by atoms with van der Waals surface area (Å²) in [5.41, 5.74) is 0.830. The Kier molecular flexibility index (Phi) is 5.36. The quantitative estimate of drug-likeness (QED) is 0.494. The van der Waals surface area contributed by atoms with Crippen LogP contribution in [-0.4, -0.2) is 0 Å². The second-order valence-electron chi connectivity index (χ2n) is 10.2. The largest absolute Gasteiger partial charge is 0.0533 e. The fourth-order valence-electron chi connectivity index (χ4n) is 7.60. The Balaban J connectivity index is 1.35. The molecule has 132 valence electrons. The highest BCUT2D eigenvalue weighted by molar-refractivity contribution is 5.01. The van der Waals surface area contributed by atoms with Crippen LogP contribution in [0.3, 0.4) is 0 Å². The van der Waals surface area contributed by atoms with Crippen LogP contribution < -0.4 is 0 Å². The smallest absolute Gasteiger partial charge is 0.0287 e. The lowest BCUT2D eigenvalue weighted by atomic mass is 9.48. The zero-order valence-corrected chi connectivity index (χ0v) is 15.5. The highest BCUT2D eigenvalue weighted by atomic mass is 14.6. The lowest BCUT2D eigenvalue weighted by Gasteiger charge is -2.58. The van der Waals surface area contributed by atoms with Crippen molar-refractivity contribution in [3.8, 4) is 0 Å². The van der Waals surface area contributed by atoms with Gasteiger partial charge in [0.25, 0.3) is 0 Å². The van der Waals surface area contributed by atoms with Crippen molar-refractivity contribution in [1.82, 2.24) is 0 Å². The Morgan fingerprint density at radius 2 is 0.913 bits per heavy atom. The molecule has 0 aromatic rings. The summed E-state index contributed by atoms with van der Waals surface area (Å²) in [4.78, 5) is 0. The molecule has 0 amide bonds. The van der Waals surface area contributed by atoms with E-state index in [1.165, 1.54) is 57.8 Å². The van der Waals surface area contributed by atoms with Crippen LogP contribution in [-0.2, 0) is 0 Å². The molecule has 0 heterocycles. The van der Waals surface area contributed by atoms with E-state index in [0.717, 1.165) is 29.1 Å². The first-order valence-corrected chi connectivity index (χ1v) is 11.3. The van der Waals surface area contributed by atoms with Crippen LogP contribution >= 0.6 is 0 Å². The van der Waals surface area contributed by atoms with Gasteiger partial charge in [0.15, 0.2) is 0 Å². The van der Waals surface area contributed by atoms with E-state index in [1.54, 1.807) is 57.8 Å². The van der Waals surface area contributed by atoms with Crippen molar-refractivity contribution in [2.45, 2.75) is 116 Å². The third-order valence-corrected chi connectivity index (χ3v) is 8.11. The Labute approximate surface area is 145 Å². The Morgan fingerprint density at radius 3 is 1.35 bits per heavy atom. The zero-order chi connectivity index (χ0) is 15.5. The van der Waals surface area contributed by atoms with E-state index in [0.29, 0.717) is 0 Å². The standard InChI is InChI=1S/C23H40/c1-2-4-6-8-10-19(11-9-7-5-3-1)15-23-16-20-12-21(17-23)14-22(13-20)18-23/h19-22H,1-18H2. The van der Waals surface area contributed by atoms with Crippen molar-refractivity contribution in [1.29, 1.82) is 0 Å². The van der Waals surface area contributed by atoms with Crippen LogP contribution in [0.1, 0.15) is 116 Å². The molecule has 0 aliphatic heterocycles. The fraction of sp³-hybridized carbons (Fsp3) is 1.00. The Bertz CT molecular complexity index is 321. The van der Waals surface area contributed by atoms with Gasteiger partial charge in [-0.05, 0) is 74.0 Å². The molecule has 5 fully saturated rings. The second kappa shape index (κ2) is 7.49. The van der Waals surface area contributed by atoms with Crippen molar-refractivity contribution in [3.63, 3.8) is 0 Å². The van der Waals surface area contributed by atoms with Crippen LogP contribution in [0.25, 0.3) is 0 Å². The Morgan fingerprint density at radius 1 is 0.522 bits per heavy atom. The van der Waals surface area contributed by atoms with Crippen LogP contribution in [0, 0.1) is 29.1 Å². The summed E-state index contributed by atoms with van der Waals surface area (Å²) >= 11 is 0. The molecule has 5 saturated carbocycles. The van der Waals surface area contributed by atoms with Crippen LogP contribution in [0.4, 0.5) is 0 Å². The van der Waals surface area contributed by atoms with Gasteiger partial charge in [0.1, 0.15) is 0 Å². The van der Waals surface area contributed by atoms with Gasteiger partial charge in [-0.25, -0.2) is 0 Å². The van der Waals surface area contributed by atoms with Gasteiger partial charge < -0.3 is 0 Å². The number of rotatable bonds is 2. The highest BCUT2D eigenvalue weighted by Crippen LogP contribution is 2.62. The van der Waals surface area contributed by atoms with Crippen molar-refractivity contribution in [3.05, 3.63) is 0 Å². The summed E-state index contributed by atoms with van der Waals surface area (Å²) in [5, 5.41) is 0. The van der Waals surface area contributed by atoms with Crippen molar-refractivity contribution >= 4 is 0 Å². The summed E-state index contributed by atoms with van der Waals surface area (Å²) in [6, 6.07) is 0. The first-order chi connectivity index (χ1) is 11.3. The zero-order valence-electron chi connectivity index (χ0n) is 15.5. The van der Waals surface area contributed by atoms with E-state index >= 15 is 0 Å². The molecule has 0 aromatic carbocycles. The van der Waals surface area contributed by atoms with Crippen LogP contribution in [0.2, 0.25) is 0 Å². The Hall–Kier alpha value is 0. The molecule has 4 bridgehead atoms. The molecule has 0 nitrogen and oxygen atoms in total. The third kappa shape index (κ3) is 4.16. The van der Waals surface area contributed by atoms with E-state index < -0.39 is 0 Å². The molecule has 0 heteroatoms. The van der Waals surface area contributed by atoms with Gasteiger partial charge in [0, 0.05) is 0 Å². The lowest BCUT2D eigenvalue weighted by molar-refractivity contribution is -0.0666. The first-order valence-electron chi connectivity index (χ1n) is 11.3. The molecule has 0 radical (unpaired) electrons. The molecule has 5 aliphatic rings. The molecule has 0 aromatic heterocycles. The SMILES string of the molecule is C1CCCCCC(CC23CC4CC(CC(C4)C2)C3)CCCCC1. The average molecular weight is 317 g/mol. The topological polar surface area (TPSA) is 0 Å². The van der Waals surface area contributed by atoms with E-state index in [1.807, 2.05) is 0 Å². The van der Waals surface area contributed by atoms with Crippen LogP contribution in [0.5, 0.6) is 0 Å². The molecule has 23 heavy (non-hydrogen) atoms. The van der Waals surface area contributed by atoms with E-state index in [9.17, 15) is 0 Å². The summed E-state index contributed by atoms with van der Waals surface area (Å²) in [7, 11) is 0. The molecule has 0 N–H and O–H groups in total. The van der Waals surface area contributed by atoms with E-state index in [2.05, 4.69) is 0 Å². The van der Waals surface area contributed by atoms with Gasteiger partial charge in [-0.1, -0.05) is 70.6 Å². The number of hydrogen-bond donors (Lipinski definition) is 0. The maximum atomic E-state index is 1.64. The molecular weight excluding hydrogens is 276 g/mol. The van der Waals surface area contributed by atoms with Crippen molar-refractivity contribution in [2.75, 3.05) is 0 Å². The van der Waals surface area contributed by atoms with Gasteiger partial charge >= 0.3 is 0 Å². The van der Waals surface area contributed by atoms with Crippen molar-refractivity contribution in [2.24, 2.45) is 29.1 Å². The molecule has 0 unspecified atom stereocenters. The monoisotopic (exact) mass is 316 g/mol. The number of hydrogen-bond acceptors (Lipinski definition) is 0. The summed E-state index contributed by atoms with van der Waals surface area (Å²) in [6.45, 7) is 0. The maximum Gasteiger partial charge on any atom is -0.0287 e. The van der Waals surface area contributed by atoms with Gasteiger partial charge in [0.05, 0.1) is 0 Å². The molecule has 0 spiro atoms. The third-order valence-electron chi connectivity index (χ3n) is 8.11. The predicted octanol–water partition coefficient (Wildman–Crippen LogP) is 7.51. The average Bonchev–Trinajstić information content (AvgIpc) is 2.48. The van der Waals surface area contributed by atoms with Gasteiger partial charge in [-0.2, -0.15) is 0 Å². The maximum absolute atomic E-state index is 1.64. The summed E-state index contributed by atoms with van der Waals surface area (Å²) in [6.07, 6.45) is 28.2. The second-order valence-corrected chi connectivity index (χ2v) is 10.2. The minimum Gasteiger partial charge on any atom is -0.0533 e. The summed E-state index contributed by atoms with van der Waals surface area (Å²) < 4.78 is 0. The van der Waals surface area contributed by atoms with Gasteiger partial charge in [0.2, 0.25) is 0 Å². The predicted molar refractivity (Wildman–Crippen MR) is 99.5 cm³/mol. The molecule has 0 saturated heterocycles. The normalized spacial score (nSPS) is 43.0. The van der Waals surface area contributed by atoms with Crippen LogP contribution in [0.15, 0.2) is 0 Å². The molecule has 5 aliphatic carbocycles. The van der Waals surface area contributed by atoms with Gasteiger partial charge in [-0.3, -0.25) is 0 Å². The van der Waals surface area contributed by atoms with Crippen molar-refractivity contribution < 1.29 is 0 Å². The molecule has 5 rings (SSSR count). The minimum atomic E-state index is 0.830. The lowest BCUT2D eigenvalue weighted by Crippen LogP contribution is -2.46. The highest BCUT2D eigenvalue weighted by Gasteiger charge is 2.51. The van der Waals surface area contributed by atoms with E-state index in [-0.39, 0.29) is 0 Å². The van der Waals surface area contributed by atoms with E-state index in [4.69, 9.17) is 0 Å². The fourth-order valence-corrected chi connectivity index (χ4v) is 7.60.